The molecule has 0 bridgehead atoms. The van der Waals surface area contributed by atoms with Gasteiger partial charge in [-0.3, -0.25) is 0 Å². The third kappa shape index (κ3) is 3.60. The van der Waals surface area contributed by atoms with Gasteiger partial charge < -0.3 is 24.7 Å². The molecule has 0 amide bonds. The lowest BCUT2D eigenvalue weighted by Crippen LogP contribution is -1.87. The van der Waals surface area contributed by atoms with E-state index >= 15 is 0 Å². The second-order valence-electron chi connectivity index (χ2n) is 6.47. The van der Waals surface area contributed by atoms with E-state index in [4.69, 9.17) is 14.5 Å². The molecule has 0 saturated heterocycles. The van der Waals surface area contributed by atoms with Gasteiger partial charge >= 0.3 is 0 Å². The molecule has 0 aliphatic carbocycles. The number of nitrogens with one attached hydrogen (secondary N) is 1. The van der Waals surface area contributed by atoms with Crippen LogP contribution < -0.4 is 9.47 Å². The van der Waals surface area contributed by atoms with Crippen LogP contribution in [-0.4, -0.2) is 34.4 Å². The molecule has 0 atom stereocenters. The van der Waals surface area contributed by atoms with Gasteiger partial charge in [-0.2, -0.15) is 0 Å². The Morgan fingerprint density at radius 2 is 1.24 bits per heavy atom. The molecule has 0 unspecified atom stereocenters. The zero-order valence-electron chi connectivity index (χ0n) is 16.0. The minimum atomic E-state index is -0.198. The molecule has 0 spiro atoms. The van der Waals surface area contributed by atoms with E-state index in [1.165, 1.54) is 12.1 Å². The number of aromatic hydroxyl groups is 2. The third-order valence-corrected chi connectivity index (χ3v) is 4.69. The lowest BCUT2D eigenvalue weighted by Gasteiger charge is -2.06. The van der Waals surface area contributed by atoms with Gasteiger partial charge in [0.2, 0.25) is 0 Å². The Morgan fingerprint density at radius 3 is 1.79 bits per heavy atom. The molecule has 3 aromatic carbocycles. The van der Waals surface area contributed by atoms with Gasteiger partial charge in [-0.05, 0) is 66.7 Å². The van der Waals surface area contributed by atoms with Crippen LogP contribution >= 0.6 is 0 Å². The highest BCUT2D eigenvalue weighted by Gasteiger charge is 2.16. The van der Waals surface area contributed by atoms with Crippen LogP contribution in [-0.2, 0) is 0 Å². The van der Waals surface area contributed by atoms with Crippen LogP contribution in [0.15, 0.2) is 66.7 Å². The molecule has 6 nitrogen and oxygen atoms in total. The van der Waals surface area contributed by atoms with Crippen LogP contribution in [0.4, 0.5) is 0 Å². The molecule has 4 aromatic rings. The van der Waals surface area contributed by atoms with Crippen molar-refractivity contribution < 1.29 is 19.7 Å². The van der Waals surface area contributed by atoms with E-state index < -0.39 is 0 Å². The van der Waals surface area contributed by atoms with Crippen molar-refractivity contribution in [3.63, 3.8) is 0 Å². The molecule has 0 saturated carbocycles. The minimum Gasteiger partial charge on any atom is -0.504 e. The second kappa shape index (κ2) is 7.59. The maximum atomic E-state index is 9.87. The number of hydrogen-bond donors (Lipinski definition) is 3. The van der Waals surface area contributed by atoms with E-state index in [2.05, 4.69) is 4.98 Å². The van der Waals surface area contributed by atoms with E-state index in [1.807, 2.05) is 48.5 Å². The lowest BCUT2D eigenvalue weighted by atomic mass is 10.0. The number of imidazole rings is 1. The molecule has 6 heteroatoms. The average Bonchev–Trinajstić information content (AvgIpc) is 3.21. The molecule has 29 heavy (non-hydrogen) atoms. The summed E-state index contributed by atoms with van der Waals surface area (Å²) < 4.78 is 10.5. The number of hydrogen-bond acceptors (Lipinski definition) is 5. The summed E-state index contributed by atoms with van der Waals surface area (Å²) in [6, 6.07) is 20.0. The van der Waals surface area contributed by atoms with E-state index in [-0.39, 0.29) is 11.5 Å². The van der Waals surface area contributed by atoms with Crippen molar-refractivity contribution in [3.8, 4) is 56.9 Å². The quantitative estimate of drug-likeness (QED) is 0.426. The van der Waals surface area contributed by atoms with E-state index in [0.29, 0.717) is 11.4 Å². The predicted molar refractivity (Wildman–Crippen MR) is 111 cm³/mol. The molecule has 0 aliphatic rings. The summed E-state index contributed by atoms with van der Waals surface area (Å²) in [5.74, 6) is 1.74. The van der Waals surface area contributed by atoms with E-state index in [0.717, 1.165) is 34.0 Å². The van der Waals surface area contributed by atoms with Crippen molar-refractivity contribution >= 4 is 0 Å². The minimum absolute atomic E-state index is 0.175. The Kier molecular flexibility index (Phi) is 4.83. The number of H-pyrrole nitrogens is 1. The number of methoxy groups -OCH3 is 2. The van der Waals surface area contributed by atoms with Crippen LogP contribution in [0.3, 0.4) is 0 Å². The fourth-order valence-corrected chi connectivity index (χ4v) is 3.11. The summed E-state index contributed by atoms with van der Waals surface area (Å²) in [7, 11) is 3.26. The Balaban J connectivity index is 1.86. The zero-order valence-corrected chi connectivity index (χ0v) is 16.0. The van der Waals surface area contributed by atoms with Crippen LogP contribution in [0.1, 0.15) is 0 Å². The SMILES string of the molecule is COc1ccc(-c2nc(-c3ccc(O)c(O)c3)[nH]c2-c2ccc(OC)cc2)cc1. The summed E-state index contributed by atoms with van der Waals surface area (Å²) >= 11 is 0. The van der Waals surface area contributed by atoms with Gasteiger partial charge in [-0.1, -0.05) is 0 Å². The molecule has 146 valence electrons. The third-order valence-electron chi connectivity index (χ3n) is 4.69. The number of ether oxygens (including phenoxy) is 2. The highest BCUT2D eigenvalue weighted by molar-refractivity contribution is 5.81. The van der Waals surface area contributed by atoms with Crippen molar-refractivity contribution in [2.24, 2.45) is 0 Å². The molecule has 1 heterocycles. The maximum absolute atomic E-state index is 9.87. The van der Waals surface area contributed by atoms with E-state index in [9.17, 15) is 10.2 Å². The van der Waals surface area contributed by atoms with Gasteiger partial charge in [0.05, 0.1) is 25.6 Å². The molecular formula is C23H20N2O4. The number of rotatable bonds is 5. The fourth-order valence-electron chi connectivity index (χ4n) is 3.11. The number of aromatic amines is 1. The van der Waals surface area contributed by atoms with Crippen molar-refractivity contribution in [1.82, 2.24) is 9.97 Å². The molecular weight excluding hydrogens is 368 g/mol. The van der Waals surface area contributed by atoms with Crippen LogP contribution in [0, 0.1) is 0 Å². The number of benzene rings is 3. The molecule has 0 fully saturated rings. The number of nitrogens with zero attached hydrogens (tertiary/aromatic N) is 1. The van der Waals surface area contributed by atoms with Gasteiger partial charge in [0.15, 0.2) is 11.5 Å². The van der Waals surface area contributed by atoms with Crippen molar-refractivity contribution in [3.05, 3.63) is 66.7 Å². The number of phenolic OH excluding ortho intramolecular Hbond substituents is 2. The van der Waals surface area contributed by atoms with Gasteiger partial charge in [0.1, 0.15) is 17.3 Å². The molecule has 3 N–H and O–H groups in total. The monoisotopic (exact) mass is 388 g/mol. The first-order valence-electron chi connectivity index (χ1n) is 9.00. The summed E-state index contributed by atoms with van der Waals surface area (Å²) in [5.41, 5.74) is 4.12. The molecule has 0 aliphatic heterocycles. The first-order valence-corrected chi connectivity index (χ1v) is 9.00. The Morgan fingerprint density at radius 1 is 0.690 bits per heavy atom. The largest absolute Gasteiger partial charge is 0.504 e. The zero-order chi connectivity index (χ0) is 20.4. The Bertz CT molecular complexity index is 1070. The normalized spacial score (nSPS) is 10.7. The first kappa shape index (κ1) is 18.4. The van der Waals surface area contributed by atoms with Gasteiger partial charge in [0.25, 0.3) is 0 Å². The Labute approximate surface area is 168 Å². The van der Waals surface area contributed by atoms with E-state index in [1.54, 1.807) is 20.3 Å². The van der Waals surface area contributed by atoms with Gasteiger partial charge in [-0.15, -0.1) is 0 Å². The maximum Gasteiger partial charge on any atom is 0.158 e. The fraction of sp³-hybridized carbons (Fsp3) is 0.0870. The van der Waals surface area contributed by atoms with Crippen molar-refractivity contribution in [2.75, 3.05) is 14.2 Å². The summed E-state index contributed by atoms with van der Waals surface area (Å²) in [5, 5.41) is 19.5. The first-order chi connectivity index (χ1) is 14.1. The average molecular weight is 388 g/mol. The van der Waals surface area contributed by atoms with Crippen molar-refractivity contribution in [2.45, 2.75) is 0 Å². The summed E-state index contributed by atoms with van der Waals surface area (Å²) in [4.78, 5) is 8.13. The van der Waals surface area contributed by atoms with Gasteiger partial charge in [-0.25, -0.2) is 4.98 Å². The predicted octanol–water partition coefficient (Wildman–Crippen LogP) is 4.84. The Hall–Kier alpha value is -3.93. The topological polar surface area (TPSA) is 87.6 Å². The van der Waals surface area contributed by atoms with Crippen LogP contribution in [0.2, 0.25) is 0 Å². The van der Waals surface area contributed by atoms with Crippen LogP contribution in [0.5, 0.6) is 23.0 Å². The molecule has 1 aromatic heterocycles. The molecule has 4 rings (SSSR count). The summed E-state index contributed by atoms with van der Waals surface area (Å²) in [6.07, 6.45) is 0. The number of aromatic nitrogens is 2. The van der Waals surface area contributed by atoms with Gasteiger partial charge in [0, 0.05) is 16.7 Å². The smallest absolute Gasteiger partial charge is 0.158 e. The highest BCUT2D eigenvalue weighted by Crippen LogP contribution is 2.36. The number of phenols is 2. The van der Waals surface area contributed by atoms with Crippen LogP contribution in [0.25, 0.3) is 33.9 Å². The highest BCUT2D eigenvalue weighted by atomic mass is 16.5. The standard InChI is InChI=1S/C23H20N2O4/c1-28-17-8-3-14(4-9-17)21-22(15-5-10-18(29-2)11-6-15)25-23(24-21)16-7-12-19(26)20(27)13-16/h3-13,26-27H,1-2H3,(H,24,25). The second-order valence-corrected chi connectivity index (χ2v) is 6.47. The molecule has 0 radical (unpaired) electrons. The van der Waals surface area contributed by atoms with Crippen molar-refractivity contribution in [1.29, 1.82) is 0 Å². The lowest BCUT2D eigenvalue weighted by molar-refractivity contribution is 0.404. The summed E-state index contributed by atoms with van der Waals surface area (Å²) in [6.45, 7) is 0.